The summed E-state index contributed by atoms with van der Waals surface area (Å²) in [4.78, 5) is 4.64. The maximum absolute atomic E-state index is 4.22. The Morgan fingerprint density at radius 3 is 1.21 bits per heavy atom. The van der Waals surface area contributed by atoms with E-state index in [2.05, 4.69) is 302 Å². The molecule has 2 nitrogen and oxygen atoms in total. The van der Waals surface area contributed by atoms with E-state index in [-0.39, 0.29) is 0 Å². The Kier molecular flexibility index (Phi) is 17.1. The van der Waals surface area contributed by atoms with Crippen LogP contribution in [-0.2, 0) is 0 Å². The Hall–Kier alpha value is -8.15. The third-order valence-corrected chi connectivity index (χ3v) is 23.0. The Morgan fingerprint density at radius 2 is 0.778 bits per heavy atom. The van der Waals surface area contributed by atoms with Crippen molar-refractivity contribution in [1.29, 1.82) is 0 Å². The molecule has 0 saturated heterocycles. The number of fused-ring (bicyclic) bond motifs is 3. The van der Waals surface area contributed by atoms with Crippen LogP contribution in [0.15, 0.2) is 262 Å². The molecule has 4 heteroatoms. The molecule has 0 atom stereocenters. The molecular formula is C77H73Ge2N2. The van der Waals surface area contributed by atoms with Gasteiger partial charge in [0.1, 0.15) is 0 Å². The predicted octanol–water partition coefficient (Wildman–Crippen LogP) is 19.8. The minimum Gasteiger partial charge on any atom is -0.0683 e. The largest absolute Gasteiger partial charge is 0.0683 e. The van der Waals surface area contributed by atoms with Crippen LogP contribution in [-0.4, -0.2) is 27.6 Å². The van der Waals surface area contributed by atoms with E-state index < -0.39 is 27.6 Å². The molecule has 0 bridgehead atoms. The van der Waals surface area contributed by atoms with E-state index in [4.69, 9.17) is 0 Å². The molecule has 399 valence electrons. The first-order valence-electron chi connectivity index (χ1n) is 28.6. The number of benzene rings is 11. The smallest absolute Gasteiger partial charge is 0.0683 e. The first-order chi connectivity index (χ1) is 39.5. The number of para-hydroxylation sites is 1. The van der Waals surface area contributed by atoms with Crippen molar-refractivity contribution < 1.29 is 0 Å². The molecule has 0 saturated carbocycles. The van der Waals surface area contributed by atoms with Gasteiger partial charge in [-0.1, -0.05) is 92.7 Å². The third kappa shape index (κ3) is 11.1. The molecule has 0 aliphatic carbocycles. The zero-order valence-corrected chi connectivity index (χ0v) is 52.8. The van der Waals surface area contributed by atoms with Gasteiger partial charge in [-0.15, -0.1) is 0 Å². The van der Waals surface area contributed by atoms with Crippen LogP contribution in [0.4, 0.5) is 28.4 Å². The molecule has 11 aromatic carbocycles. The normalized spacial score (nSPS) is 12.2. The number of allylic oxidation sites excluding steroid dienone is 3. The quantitative estimate of drug-likeness (QED) is 0.0608. The van der Waals surface area contributed by atoms with Crippen LogP contribution in [0.3, 0.4) is 0 Å². The SMILES string of the molecule is C=C/C=C(\C=C)N(c1ccc(-c2c(=C/C)/c(=C\C)c(-c3cccc(-c4c5ccccc5c(-c5ccc(N(c6ccccc6)c6cc[c]([Ge]([CH3])[CH3])cc6)cc5)c5ccccc45)c3)c3ccccc23)cc1)c1cc[c]([Ge]([CH3])([CH3])[CH3])cc1.CC. The zero-order valence-electron chi connectivity index (χ0n) is 48.6. The minimum absolute atomic E-state index is 0.966. The Balaban J connectivity index is 0.00000364. The molecule has 0 spiro atoms. The minimum atomic E-state index is -2.02. The van der Waals surface area contributed by atoms with Gasteiger partial charge in [0.05, 0.1) is 0 Å². The summed E-state index contributed by atoms with van der Waals surface area (Å²) < 4.78 is 2.98. The van der Waals surface area contributed by atoms with Gasteiger partial charge in [-0.3, -0.25) is 0 Å². The van der Waals surface area contributed by atoms with Gasteiger partial charge in [0.25, 0.3) is 0 Å². The molecule has 0 N–H and O–H groups in total. The summed E-state index contributed by atoms with van der Waals surface area (Å²) in [6.45, 7) is 16.6. The van der Waals surface area contributed by atoms with Crippen molar-refractivity contribution in [1.82, 2.24) is 0 Å². The van der Waals surface area contributed by atoms with Crippen LogP contribution >= 0.6 is 0 Å². The number of hydrogen-bond donors (Lipinski definition) is 0. The average molecular weight is 1170 g/mol. The predicted molar refractivity (Wildman–Crippen MR) is 363 cm³/mol. The summed E-state index contributed by atoms with van der Waals surface area (Å²) in [5, 5.41) is 9.81. The van der Waals surface area contributed by atoms with Crippen LogP contribution in [0, 0.1) is 0 Å². The third-order valence-electron chi connectivity index (χ3n) is 15.5. The van der Waals surface area contributed by atoms with Gasteiger partial charge in [0, 0.05) is 0 Å². The Bertz CT molecular complexity index is 4170. The molecule has 0 heterocycles. The zero-order chi connectivity index (χ0) is 56.8. The molecule has 11 rings (SSSR count). The van der Waals surface area contributed by atoms with Crippen molar-refractivity contribution in [3.8, 4) is 44.5 Å². The molecule has 81 heavy (non-hydrogen) atoms. The van der Waals surface area contributed by atoms with Crippen molar-refractivity contribution in [3.05, 3.63) is 272 Å². The van der Waals surface area contributed by atoms with Gasteiger partial charge in [-0.05, 0) is 42.2 Å². The summed E-state index contributed by atoms with van der Waals surface area (Å²) in [7, 11) is 0. The summed E-state index contributed by atoms with van der Waals surface area (Å²) in [5.41, 5.74) is 16.2. The van der Waals surface area contributed by atoms with E-state index >= 15 is 0 Å². The van der Waals surface area contributed by atoms with Gasteiger partial charge in [0.15, 0.2) is 0 Å². The van der Waals surface area contributed by atoms with E-state index in [0.29, 0.717) is 0 Å². The molecule has 0 fully saturated rings. The van der Waals surface area contributed by atoms with Crippen LogP contribution in [0.25, 0.3) is 89.0 Å². The van der Waals surface area contributed by atoms with Gasteiger partial charge < -0.3 is 0 Å². The second-order valence-corrected chi connectivity index (χ2v) is 37.7. The standard InChI is InChI=1S/C75H67Ge2N2.C2H6/c1-10-24-58(11-2)78(63-49-41-57(42-50-63)77(7,8)9)60-43-35-52(36-44-60)72-64(12-3)65(13-4)74(69-32-20-17-29-66(69)72)54-25-23-26-55(51-54)75-70-33-21-18-30-67(70)73(68-31-19-22-34-71(68)75)53-37-45-61(46-38-53)79(59-27-15-14-16-28-59)62-47-39-56(40-48-62)76(5)6;1-2/h10-51H,1-2H2,3-9H3;1-2H3/b58-24+,64-12+,65-13+;. The molecule has 0 aromatic heterocycles. The average Bonchev–Trinajstić information content (AvgIpc) is 3.45. The Morgan fingerprint density at radius 1 is 0.407 bits per heavy atom. The van der Waals surface area contributed by atoms with Crippen molar-refractivity contribution in [3.63, 3.8) is 0 Å². The fourth-order valence-corrected chi connectivity index (χ4v) is 15.9. The summed E-state index contributed by atoms with van der Waals surface area (Å²) in [5.74, 6) is 12.1. The van der Waals surface area contributed by atoms with Gasteiger partial charge >= 0.3 is 357 Å². The molecule has 11 aromatic rings. The van der Waals surface area contributed by atoms with E-state index in [1.807, 2.05) is 32.1 Å². The van der Waals surface area contributed by atoms with Crippen LogP contribution in [0.5, 0.6) is 0 Å². The van der Waals surface area contributed by atoms with E-state index in [9.17, 15) is 0 Å². The van der Waals surface area contributed by atoms with Gasteiger partial charge in [-0.2, -0.15) is 0 Å². The topological polar surface area (TPSA) is 6.48 Å². The number of hydrogen-bond acceptors (Lipinski definition) is 2. The number of anilines is 5. The van der Waals surface area contributed by atoms with Crippen molar-refractivity contribution >= 4 is 109 Å². The van der Waals surface area contributed by atoms with E-state index in [1.54, 1.807) is 0 Å². The van der Waals surface area contributed by atoms with E-state index in [1.165, 1.54) is 96.1 Å². The van der Waals surface area contributed by atoms with Gasteiger partial charge in [0.2, 0.25) is 0 Å². The molecule has 0 aliphatic heterocycles. The fraction of sp³-hybridized carbons (Fsp3) is 0.117. The van der Waals surface area contributed by atoms with Crippen molar-refractivity contribution in [2.75, 3.05) is 9.80 Å². The van der Waals surface area contributed by atoms with Crippen molar-refractivity contribution in [2.24, 2.45) is 0 Å². The van der Waals surface area contributed by atoms with Crippen LogP contribution < -0.4 is 29.0 Å². The van der Waals surface area contributed by atoms with E-state index in [0.717, 1.165) is 34.1 Å². The fourth-order valence-electron chi connectivity index (χ4n) is 11.7. The maximum Gasteiger partial charge on any atom is -0.0683 e. The first kappa shape index (κ1) is 56.1. The molecule has 0 amide bonds. The number of rotatable bonds is 14. The summed E-state index contributed by atoms with van der Waals surface area (Å²) in [6, 6.07) is 83.6. The molecule has 0 unspecified atom stereocenters. The van der Waals surface area contributed by atoms with Crippen LogP contribution in [0.2, 0.25) is 28.8 Å². The summed E-state index contributed by atoms with van der Waals surface area (Å²) in [6.07, 6.45) is 10.4. The first-order valence-corrected chi connectivity index (χ1v) is 41.1. The number of nitrogens with zero attached hydrogens (tertiary/aromatic N) is 2. The molecular weight excluding hydrogens is 1100 g/mol. The van der Waals surface area contributed by atoms with Gasteiger partial charge in [-0.25, -0.2) is 0 Å². The second kappa shape index (κ2) is 24.7. The molecule has 0 aliphatic rings. The summed E-state index contributed by atoms with van der Waals surface area (Å²) >= 11 is -3.22. The monoisotopic (exact) mass is 1170 g/mol. The van der Waals surface area contributed by atoms with Crippen LogP contribution in [0.1, 0.15) is 27.7 Å². The molecule has 1 radical (unpaired) electrons. The maximum atomic E-state index is 4.22. The van der Waals surface area contributed by atoms with Crippen molar-refractivity contribution in [2.45, 2.75) is 56.5 Å². The second-order valence-electron chi connectivity index (χ2n) is 21.6. The Labute approximate surface area is 488 Å².